The molecule has 1 saturated heterocycles. The average molecular weight is 298 g/mol. The van der Waals surface area contributed by atoms with E-state index < -0.39 is 6.61 Å². The number of benzene rings is 1. The second-order valence-electron chi connectivity index (χ2n) is 5.88. The summed E-state index contributed by atoms with van der Waals surface area (Å²) in [5, 5.41) is 0. The van der Waals surface area contributed by atoms with Crippen LogP contribution in [0, 0.1) is 5.92 Å². The molecule has 5 heteroatoms. The first-order chi connectivity index (χ1) is 9.97. The number of nitrogens with two attached hydrogens (primary N) is 1. The van der Waals surface area contributed by atoms with Crippen LogP contribution >= 0.6 is 0 Å². The molecule has 21 heavy (non-hydrogen) atoms. The summed E-state index contributed by atoms with van der Waals surface area (Å²) in [5.41, 5.74) is 7.02. The van der Waals surface area contributed by atoms with Crippen molar-refractivity contribution in [3.05, 3.63) is 29.8 Å². The number of halogens is 2. The molecule has 0 spiro atoms. The zero-order valence-corrected chi connectivity index (χ0v) is 12.6. The predicted molar refractivity (Wildman–Crippen MR) is 79.4 cm³/mol. The van der Waals surface area contributed by atoms with Crippen LogP contribution in [0.25, 0.3) is 0 Å². The van der Waals surface area contributed by atoms with Gasteiger partial charge in [-0.3, -0.25) is 4.90 Å². The highest BCUT2D eigenvalue weighted by Gasteiger charge is 2.26. The molecule has 1 aliphatic heterocycles. The van der Waals surface area contributed by atoms with E-state index in [1.807, 2.05) is 6.07 Å². The third kappa shape index (κ3) is 4.38. The Morgan fingerprint density at radius 2 is 2.10 bits per heavy atom. The fourth-order valence-electron chi connectivity index (χ4n) is 2.98. The molecule has 1 fully saturated rings. The summed E-state index contributed by atoms with van der Waals surface area (Å²) in [5.74, 6) is 0.719. The second kappa shape index (κ2) is 7.18. The lowest BCUT2D eigenvalue weighted by Gasteiger charge is -2.38. The topological polar surface area (TPSA) is 38.5 Å². The van der Waals surface area contributed by atoms with Crippen LogP contribution < -0.4 is 10.5 Å². The maximum absolute atomic E-state index is 12.3. The molecule has 0 amide bonds. The maximum atomic E-state index is 12.3. The zero-order chi connectivity index (χ0) is 15.4. The van der Waals surface area contributed by atoms with Crippen molar-refractivity contribution in [3.8, 4) is 5.75 Å². The van der Waals surface area contributed by atoms with Gasteiger partial charge in [-0.1, -0.05) is 12.1 Å². The van der Waals surface area contributed by atoms with E-state index in [9.17, 15) is 8.78 Å². The molecule has 0 saturated carbocycles. The van der Waals surface area contributed by atoms with Crippen molar-refractivity contribution in [3.63, 3.8) is 0 Å². The van der Waals surface area contributed by atoms with Gasteiger partial charge in [0.1, 0.15) is 5.75 Å². The lowest BCUT2D eigenvalue weighted by atomic mass is 9.90. The maximum Gasteiger partial charge on any atom is 0.387 e. The summed E-state index contributed by atoms with van der Waals surface area (Å²) in [6.07, 6.45) is 2.29. The van der Waals surface area contributed by atoms with E-state index in [1.54, 1.807) is 18.2 Å². The van der Waals surface area contributed by atoms with Crippen molar-refractivity contribution in [1.82, 2.24) is 4.90 Å². The van der Waals surface area contributed by atoms with E-state index in [4.69, 9.17) is 5.73 Å². The van der Waals surface area contributed by atoms with Crippen molar-refractivity contribution in [2.45, 2.75) is 45.4 Å². The number of ether oxygens (including phenoxy) is 1. The molecule has 0 bridgehead atoms. The number of nitrogens with zero attached hydrogens (tertiary/aromatic N) is 1. The highest BCUT2D eigenvalue weighted by molar-refractivity contribution is 5.30. The minimum absolute atomic E-state index is 0.174. The van der Waals surface area contributed by atoms with Crippen LogP contribution in [0.4, 0.5) is 8.78 Å². The Hall–Kier alpha value is -1.20. The minimum Gasteiger partial charge on any atom is -0.435 e. The molecule has 0 aliphatic carbocycles. The number of rotatable bonds is 5. The largest absolute Gasteiger partial charge is 0.435 e. The number of likely N-dealkylation sites (tertiary alicyclic amines) is 1. The third-order valence-electron chi connectivity index (χ3n) is 4.35. The van der Waals surface area contributed by atoms with Crippen molar-refractivity contribution in [1.29, 1.82) is 0 Å². The SMILES string of the molecule is CC(N)C1CCCN(C(C)c2cccc(OC(F)F)c2)C1. The molecule has 0 radical (unpaired) electrons. The Labute approximate surface area is 125 Å². The van der Waals surface area contributed by atoms with E-state index >= 15 is 0 Å². The van der Waals surface area contributed by atoms with Crippen LogP contribution in [0.2, 0.25) is 0 Å². The quantitative estimate of drug-likeness (QED) is 0.905. The number of piperidine rings is 1. The lowest BCUT2D eigenvalue weighted by molar-refractivity contribution is -0.0499. The minimum atomic E-state index is -2.78. The summed E-state index contributed by atoms with van der Waals surface area (Å²) in [4.78, 5) is 2.37. The average Bonchev–Trinajstić information content (AvgIpc) is 2.46. The standard InChI is InChI=1S/C16H24F2N2O/c1-11(19)14-6-4-8-20(10-14)12(2)13-5-3-7-15(9-13)21-16(17)18/h3,5,7,9,11-12,14,16H,4,6,8,10,19H2,1-2H3. The molecule has 3 nitrogen and oxygen atoms in total. The van der Waals surface area contributed by atoms with Crippen molar-refractivity contribution >= 4 is 0 Å². The monoisotopic (exact) mass is 298 g/mol. The molecule has 0 aromatic heterocycles. The van der Waals surface area contributed by atoms with Crippen LogP contribution in [0.1, 0.15) is 38.3 Å². The molecule has 1 aromatic rings. The highest BCUT2D eigenvalue weighted by Crippen LogP contribution is 2.29. The molecule has 1 aromatic carbocycles. The zero-order valence-electron chi connectivity index (χ0n) is 12.6. The van der Waals surface area contributed by atoms with Gasteiger partial charge in [0.25, 0.3) is 0 Å². The van der Waals surface area contributed by atoms with Gasteiger partial charge in [0.15, 0.2) is 0 Å². The first-order valence-corrected chi connectivity index (χ1v) is 7.51. The molecular formula is C16H24F2N2O. The Morgan fingerprint density at radius 1 is 1.33 bits per heavy atom. The second-order valence-corrected chi connectivity index (χ2v) is 5.88. The van der Waals surface area contributed by atoms with Gasteiger partial charge in [-0.15, -0.1) is 0 Å². The first-order valence-electron chi connectivity index (χ1n) is 7.51. The van der Waals surface area contributed by atoms with Crippen molar-refractivity contribution in [2.75, 3.05) is 13.1 Å². The molecule has 3 unspecified atom stereocenters. The molecule has 2 N–H and O–H groups in total. The van der Waals surface area contributed by atoms with Gasteiger partial charge in [0.2, 0.25) is 0 Å². The van der Waals surface area contributed by atoms with Crippen LogP contribution in [0.5, 0.6) is 5.75 Å². The van der Waals surface area contributed by atoms with Crippen LogP contribution in [-0.4, -0.2) is 30.6 Å². The Kier molecular flexibility index (Phi) is 5.53. The van der Waals surface area contributed by atoms with E-state index in [2.05, 4.69) is 23.5 Å². The Morgan fingerprint density at radius 3 is 2.76 bits per heavy atom. The fourth-order valence-corrected chi connectivity index (χ4v) is 2.98. The van der Waals surface area contributed by atoms with Crippen molar-refractivity contribution in [2.24, 2.45) is 11.7 Å². The number of hydrogen-bond acceptors (Lipinski definition) is 3. The van der Waals surface area contributed by atoms with Gasteiger partial charge in [0, 0.05) is 18.6 Å². The third-order valence-corrected chi connectivity index (χ3v) is 4.35. The summed E-state index contributed by atoms with van der Waals surface area (Å²) >= 11 is 0. The molecule has 118 valence electrons. The normalized spacial score (nSPS) is 23.0. The summed E-state index contributed by atoms with van der Waals surface area (Å²) < 4.78 is 29.1. The van der Waals surface area contributed by atoms with Gasteiger partial charge in [-0.25, -0.2) is 0 Å². The summed E-state index contributed by atoms with van der Waals surface area (Å²) in [6, 6.07) is 7.34. The Bertz CT molecular complexity index is 454. The fraction of sp³-hybridized carbons (Fsp3) is 0.625. The van der Waals surface area contributed by atoms with Crippen LogP contribution in [0.3, 0.4) is 0 Å². The molecule has 1 aliphatic rings. The first kappa shape index (κ1) is 16.2. The Balaban J connectivity index is 2.06. The summed E-state index contributed by atoms with van der Waals surface area (Å²) in [6.45, 7) is 3.34. The molecule has 1 heterocycles. The van der Waals surface area contributed by atoms with Gasteiger partial charge >= 0.3 is 6.61 Å². The number of alkyl halides is 2. The van der Waals surface area contributed by atoms with E-state index in [1.165, 1.54) is 0 Å². The predicted octanol–water partition coefficient (Wildman–Crippen LogP) is 3.41. The molecular weight excluding hydrogens is 274 g/mol. The van der Waals surface area contributed by atoms with E-state index in [0.717, 1.165) is 31.5 Å². The van der Waals surface area contributed by atoms with Crippen LogP contribution in [-0.2, 0) is 0 Å². The van der Waals surface area contributed by atoms with E-state index in [0.29, 0.717) is 5.92 Å². The van der Waals surface area contributed by atoms with Gasteiger partial charge in [-0.2, -0.15) is 8.78 Å². The van der Waals surface area contributed by atoms with Gasteiger partial charge in [0.05, 0.1) is 0 Å². The summed E-state index contributed by atoms with van der Waals surface area (Å²) in [7, 11) is 0. The van der Waals surface area contributed by atoms with Gasteiger partial charge < -0.3 is 10.5 Å². The molecule has 3 atom stereocenters. The van der Waals surface area contributed by atoms with Crippen LogP contribution in [0.15, 0.2) is 24.3 Å². The smallest absolute Gasteiger partial charge is 0.387 e. The van der Waals surface area contributed by atoms with Gasteiger partial charge in [-0.05, 0) is 56.8 Å². The van der Waals surface area contributed by atoms with Crippen molar-refractivity contribution < 1.29 is 13.5 Å². The lowest BCUT2D eigenvalue weighted by Crippen LogP contribution is -2.43. The number of hydrogen-bond donors (Lipinski definition) is 1. The molecule has 2 rings (SSSR count). The highest BCUT2D eigenvalue weighted by atomic mass is 19.3. The van der Waals surface area contributed by atoms with E-state index in [-0.39, 0.29) is 17.8 Å².